The van der Waals surface area contributed by atoms with E-state index in [-0.39, 0.29) is 11.9 Å². The second kappa shape index (κ2) is 9.65. The third-order valence-corrected chi connectivity index (χ3v) is 5.39. The summed E-state index contributed by atoms with van der Waals surface area (Å²) < 4.78 is 11.2. The molecule has 0 unspecified atom stereocenters. The van der Waals surface area contributed by atoms with Crippen LogP contribution in [0.5, 0.6) is 0 Å². The van der Waals surface area contributed by atoms with Crippen LogP contribution in [0.15, 0.2) is 70.0 Å². The highest BCUT2D eigenvalue weighted by Crippen LogP contribution is 2.31. The van der Waals surface area contributed by atoms with Gasteiger partial charge >= 0.3 is 5.97 Å². The van der Waals surface area contributed by atoms with Gasteiger partial charge in [0.15, 0.2) is 0 Å². The lowest BCUT2D eigenvalue weighted by atomic mass is 10.0. The van der Waals surface area contributed by atoms with Gasteiger partial charge in [-0.25, -0.2) is 4.79 Å². The molecular formula is C24H26O3S. The zero-order valence-corrected chi connectivity index (χ0v) is 17.3. The second-order valence-corrected chi connectivity index (χ2v) is 7.93. The van der Waals surface area contributed by atoms with E-state index >= 15 is 0 Å². The molecule has 0 aliphatic heterocycles. The Morgan fingerprint density at radius 2 is 1.89 bits per heavy atom. The van der Waals surface area contributed by atoms with Crippen LogP contribution in [0.25, 0.3) is 22.3 Å². The van der Waals surface area contributed by atoms with Crippen LogP contribution in [0, 0.1) is 0 Å². The number of rotatable bonds is 9. The summed E-state index contributed by atoms with van der Waals surface area (Å²) in [6, 6.07) is 16.7. The highest BCUT2D eigenvalue weighted by Gasteiger charge is 2.09. The van der Waals surface area contributed by atoms with Crippen molar-refractivity contribution >= 4 is 28.7 Å². The van der Waals surface area contributed by atoms with Crippen LogP contribution in [0.4, 0.5) is 0 Å². The van der Waals surface area contributed by atoms with Crippen molar-refractivity contribution in [1.29, 1.82) is 0 Å². The van der Waals surface area contributed by atoms with Crippen LogP contribution in [0.3, 0.4) is 0 Å². The minimum atomic E-state index is -0.369. The molecular weight excluding hydrogens is 368 g/mol. The van der Waals surface area contributed by atoms with Crippen LogP contribution in [-0.4, -0.2) is 11.9 Å². The van der Waals surface area contributed by atoms with E-state index in [0.717, 1.165) is 33.6 Å². The quantitative estimate of drug-likeness (QED) is 0.129. The van der Waals surface area contributed by atoms with Gasteiger partial charge in [-0.2, -0.15) is 0 Å². The number of thioether (sulfide) groups is 1. The van der Waals surface area contributed by atoms with E-state index in [1.165, 1.54) is 36.6 Å². The van der Waals surface area contributed by atoms with Crippen molar-refractivity contribution in [3.05, 3.63) is 66.2 Å². The third-order valence-electron chi connectivity index (χ3n) is 4.56. The van der Waals surface area contributed by atoms with Crippen molar-refractivity contribution in [2.75, 3.05) is 5.94 Å². The molecule has 3 aromatic rings. The van der Waals surface area contributed by atoms with Gasteiger partial charge in [0.25, 0.3) is 0 Å². The van der Waals surface area contributed by atoms with Crippen molar-refractivity contribution in [3.63, 3.8) is 0 Å². The molecule has 0 saturated heterocycles. The molecule has 1 aromatic heterocycles. The summed E-state index contributed by atoms with van der Waals surface area (Å²) in [7, 11) is 0. The molecule has 3 nitrogen and oxygen atoms in total. The Morgan fingerprint density at radius 1 is 1.11 bits per heavy atom. The standard InChI is InChI=1S/C24H26O3S/c1-4-5-6-7-18-8-10-19(11-9-18)22-14-20-12-13-21(15-23(20)27-22)28-16-26-24(25)17(2)3/h8-15H,2,4-7,16H2,1,3H3. The number of esters is 1. The Bertz CT molecular complexity index is 954. The fourth-order valence-corrected chi connectivity index (χ4v) is 3.59. The van der Waals surface area contributed by atoms with Gasteiger partial charge in [-0.3, -0.25) is 0 Å². The van der Waals surface area contributed by atoms with Crippen LogP contribution < -0.4 is 0 Å². The van der Waals surface area contributed by atoms with E-state index in [0.29, 0.717) is 5.57 Å². The molecule has 0 bridgehead atoms. The number of aryl methyl sites for hydroxylation is 1. The number of ether oxygens (including phenoxy) is 1. The van der Waals surface area contributed by atoms with Crippen molar-refractivity contribution < 1.29 is 13.9 Å². The Labute approximate surface area is 170 Å². The molecule has 0 N–H and O–H groups in total. The predicted molar refractivity (Wildman–Crippen MR) is 117 cm³/mol. The number of benzene rings is 2. The summed E-state index contributed by atoms with van der Waals surface area (Å²) >= 11 is 1.45. The average Bonchev–Trinajstić information content (AvgIpc) is 3.12. The molecule has 0 aliphatic rings. The van der Waals surface area contributed by atoms with E-state index < -0.39 is 0 Å². The van der Waals surface area contributed by atoms with Crippen molar-refractivity contribution in [3.8, 4) is 11.3 Å². The number of furan rings is 1. The van der Waals surface area contributed by atoms with Gasteiger partial charge in [0.2, 0.25) is 0 Å². The topological polar surface area (TPSA) is 39.4 Å². The van der Waals surface area contributed by atoms with Gasteiger partial charge in [-0.1, -0.05) is 62.4 Å². The SMILES string of the molecule is C=C(C)C(=O)OCSc1ccc2cc(-c3ccc(CCCCC)cc3)oc2c1. The molecule has 0 radical (unpaired) electrons. The molecule has 0 saturated carbocycles. The highest BCUT2D eigenvalue weighted by molar-refractivity contribution is 7.99. The van der Waals surface area contributed by atoms with E-state index in [1.54, 1.807) is 6.92 Å². The summed E-state index contributed by atoms with van der Waals surface area (Å²) in [4.78, 5) is 12.4. The first-order valence-electron chi connectivity index (χ1n) is 9.65. The lowest BCUT2D eigenvalue weighted by molar-refractivity contribution is -0.136. The van der Waals surface area contributed by atoms with Crippen LogP contribution in [0.1, 0.15) is 38.7 Å². The van der Waals surface area contributed by atoms with Crippen molar-refractivity contribution in [1.82, 2.24) is 0 Å². The Balaban J connectivity index is 1.67. The van der Waals surface area contributed by atoms with Gasteiger partial charge in [0.1, 0.15) is 17.3 Å². The minimum absolute atomic E-state index is 0.254. The lowest BCUT2D eigenvalue weighted by Crippen LogP contribution is -2.03. The van der Waals surface area contributed by atoms with Crippen molar-refractivity contribution in [2.45, 2.75) is 44.4 Å². The molecule has 0 amide bonds. The zero-order chi connectivity index (χ0) is 19.9. The van der Waals surface area contributed by atoms with E-state index in [2.05, 4.69) is 43.8 Å². The van der Waals surface area contributed by atoms with E-state index in [4.69, 9.17) is 9.15 Å². The van der Waals surface area contributed by atoms with Crippen LogP contribution >= 0.6 is 11.8 Å². The van der Waals surface area contributed by atoms with Gasteiger partial charge in [-0.15, -0.1) is 0 Å². The predicted octanol–water partition coefficient (Wildman–Crippen LogP) is 7.00. The molecule has 3 rings (SSSR count). The Morgan fingerprint density at radius 3 is 2.61 bits per heavy atom. The maximum atomic E-state index is 11.4. The van der Waals surface area contributed by atoms with Gasteiger partial charge < -0.3 is 9.15 Å². The van der Waals surface area contributed by atoms with Crippen molar-refractivity contribution in [2.24, 2.45) is 0 Å². The van der Waals surface area contributed by atoms with Crippen LogP contribution in [0.2, 0.25) is 0 Å². The third kappa shape index (κ3) is 5.29. The van der Waals surface area contributed by atoms with Gasteiger partial charge in [-0.05, 0) is 49.6 Å². The highest BCUT2D eigenvalue weighted by atomic mass is 32.2. The molecule has 0 fully saturated rings. The normalized spacial score (nSPS) is 10.9. The number of fused-ring (bicyclic) bond motifs is 1. The fourth-order valence-electron chi connectivity index (χ4n) is 2.93. The summed E-state index contributed by atoms with van der Waals surface area (Å²) in [6.07, 6.45) is 4.89. The molecule has 146 valence electrons. The molecule has 0 aliphatic carbocycles. The molecule has 1 heterocycles. The minimum Gasteiger partial charge on any atom is -0.456 e. The molecule has 0 atom stereocenters. The number of carbonyl (C=O) groups excluding carboxylic acids is 1. The zero-order valence-electron chi connectivity index (χ0n) is 16.5. The Kier molecular flexibility index (Phi) is 6.99. The molecule has 0 spiro atoms. The Hall–Kier alpha value is -2.46. The summed E-state index contributed by atoms with van der Waals surface area (Å²) in [5.74, 6) is 0.752. The number of unbranched alkanes of at least 4 members (excludes halogenated alkanes) is 2. The average molecular weight is 395 g/mol. The number of hydrogen-bond donors (Lipinski definition) is 0. The maximum Gasteiger partial charge on any atom is 0.333 e. The summed E-state index contributed by atoms with van der Waals surface area (Å²) in [5.41, 5.74) is 3.69. The number of carbonyl (C=O) groups is 1. The largest absolute Gasteiger partial charge is 0.456 e. The smallest absolute Gasteiger partial charge is 0.333 e. The monoisotopic (exact) mass is 394 g/mol. The summed E-state index contributed by atoms with van der Waals surface area (Å²) in [5, 5.41) is 1.06. The first-order valence-corrected chi connectivity index (χ1v) is 10.6. The summed E-state index contributed by atoms with van der Waals surface area (Å²) in [6.45, 7) is 7.44. The van der Waals surface area contributed by atoms with E-state index in [1.807, 2.05) is 18.2 Å². The number of hydrogen-bond acceptors (Lipinski definition) is 4. The maximum absolute atomic E-state index is 11.4. The molecule has 4 heteroatoms. The first-order chi connectivity index (χ1) is 13.6. The lowest BCUT2D eigenvalue weighted by Gasteiger charge is -2.04. The second-order valence-electron chi connectivity index (χ2n) is 6.94. The van der Waals surface area contributed by atoms with Gasteiger partial charge in [0, 0.05) is 21.4 Å². The molecule has 28 heavy (non-hydrogen) atoms. The van der Waals surface area contributed by atoms with Gasteiger partial charge in [0.05, 0.1) is 0 Å². The molecule has 2 aromatic carbocycles. The van der Waals surface area contributed by atoms with E-state index in [9.17, 15) is 4.79 Å². The van der Waals surface area contributed by atoms with Crippen LogP contribution in [-0.2, 0) is 16.0 Å². The fraction of sp³-hybridized carbons (Fsp3) is 0.292. The first kappa shape index (κ1) is 20.3.